The molecule has 2 aromatic heterocycles. The summed E-state index contributed by atoms with van der Waals surface area (Å²) in [4.78, 5) is 25.9. The van der Waals surface area contributed by atoms with Crippen molar-refractivity contribution < 1.29 is 81.6 Å². The number of hydrogen-bond donors (Lipinski definition) is 1. The number of para-hydroxylation sites is 3. The molecule has 75 heavy (non-hydrogen) atoms. The molecule has 0 aliphatic carbocycles. The second-order valence-electron chi connectivity index (χ2n) is 17.2. The minimum Gasteiger partial charge on any atom is -0.506 e. The van der Waals surface area contributed by atoms with Crippen LogP contribution < -0.4 is 32.1 Å². The maximum Gasteiger partial charge on any atom is 0.455 e. The molecular weight excluding hydrogens is 1120 g/mol. The van der Waals surface area contributed by atoms with Crippen LogP contribution in [-0.2, 0) is 9.13 Å². The van der Waals surface area contributed by atoms with E-state index in [0.717, 1.165) is 47.6 Å². The number of allylic oxidation sites excluding steroid dienone is 1. The van der Waals surface area contributed by atoms with E-state index in [1.165, 1.54) is 0 Å². The number of aromatic nitrogens is 2. The summed E-state index contributed by atoms with van der Waals surface area (Å²) < 4.78 is 70.8. The number of alkyl halides is 3. The molecule has 1 radical (unpaired) electrons. The van der Waals surface area contributed by atoms with Crippen molar-refractivity contribution in [1.82, 2.24) is 9.13 Å². The summed E-state index contributed by atoms with van der Waals surface area (Å²) in [5.74, 6) is -3.39. The first-order valence-corrected chi connectivity index (χ1v) is 26.9. The van der Waals surface area contributed by atoms with Crippen molar-refractivity contribution in [3.63, 3.8) is 0 Å². The summed E-state index contributed by atoms with van der Waals surface area (Å²) in [5.41, 5.74) is 0.0273. The topological polar surface area (TPSA) is 98.4 Å². The average Bonchev–Trinajstić information content (AvgIpc) is 3.79. The van der Waals surface area contributed by atoms with Gasteiger partial charge in [0, 0.05) is 98.0 Å². The molecule has 0 saturated heterocycles. The number of halogens is 3. The van der Waals surface area contributed by atoms with Gasteiger partial charge in [-0.3, -0.25) is 14.2 Å². The standard InChI is InChI=1S/C29H17F3N2O3.C18H15OP.C15H15OP.Eu/c30-29(31,32)27(36)25-26(35)24-22(34(28(25)37)18-11-5-2-6-12-18)16-15-21-23(24)19-13-7-8-14-20(19)33(21)17-9-3-1-4-10-17;19-20(16-10-4-1-5-11-16,17-12-6-2-7-13-17)18-14-8-3-9-15-18;1-13(2)17(16,14-9-5-3-6-10-14)15-11-7-4-8-12-15;/h1-16,35H;1-15H;3-12H,1H2,2H3;. The smallest absolute Gasteiger partial charge is 0.455 e. The van der Waals surface area contributed by atoms with Crippen LogP contribution in [0.15, 0.2) is 265 Å². The van der Waals surface area contributed by atoms with Gasteiger partial charge in [0.25, 0.3) is 11.3 Å². The zero-order chi connectivity index (χ0) is 52.0. The van der Waals surface area contributed by atoms with E-state index in [4.69, 9.17) is 0 Å². The molecule has 7 nitrogen and oxygen atoms in total. The largest absolute Gasteiger partial charge is 0.506 e. The van der Waals surface area contributed by atoms with Gasteiger partial charge in [-0.15, -0.1) is 0 Å². The molecule has 373 valence electrons. The summed E-state index contributed by atoms with van der Waals surface area (Å²) in [7, 11) is -5.47. The monoisotopic (exact) mass is 1170 g/mol. The van der Waals surface area contributed by atoms with E-state index in [1.807, 2.05) is 206 Å². The number of nitrogens with zero attached hydrogens (tertiary/aromatic N) is 2. The maximum atomic E-state index is 13.8. The van der Waals surface area contributed by atoms with Crippen molar-refractivity contribution in [2.75, 3.05) is 0 Å². The van der Waals surface area contributed by atoms with Gasteiger partial charge in [-0.2, -0.15) is 13.2 Å². The van der Waals surface area contributed by atoms with E-state index >= 15 is 0 Å². The Morgan fingerprint density at radius 2 is 0.800 bits per heavy atom. The first-order valence-electron chi connectivity index (χ1n) is 23.5. The van der Waals surface area contributed by atoms with Crippen LogP contribution in [0.2, 0.25) is 0 Å². The van der Waals surface area contributed by atoms with Crippen molar-refractivity contribution in [3.05, 3.63) is 277 Å². The van der Waals surface area contributed by atoms with Crippen LogP contribution >= 0.6 is 14.3 Å². The summed E-state index contributed by atoms with van der Waals surface area (Å²) in [6.45, 7) is 5.75. The van der Waals surface area contributed by atoms with Crippen LogP contribution in [0.4, 0.5) is 13.2 Å². The number of hydrogen-bond acceptors (Lipinski definition) is 5. The number of Topliss-reactive ketones (excluding diaryl/α,β-unsaturated/α-hetero) is 1. The summed E-state index contributed by atoms with van der Waals surface area (Å²) >= 11 is 0. The Bertz CT molecular complexity index is 3810. The Morgan fingerprint density at radius 1 is 0.467 bits per heavy atom. The number of fused-ring (bicyclic) bond motifs is 5. The van der Waals surface area contributed by atoms with Crippen LogP contribution in [0, 0.1) is 49.4 Å². The number of carbonyl (C=O) groups is 1. The maximum absolute atomic E-state index is 13.8. The van der Waals surface area contributed by atoms with Crippen molar-refractivity contribution >= 4 is 79.3 Å². The van der Waals surface area contributed by atoms with Gasteiger partial charge in [0.05, 0.1) is 21.9 Å². The van der Waals surface area contributed by atoms with Gasteiger partial charge in [-0.05, 0) is 54.7 Å². The molecule has 13 heteroatoms. The molecular formula is C62H47EuF3N2O5P2. The van der Waals surface area contributed by atoms with E-state index < -0.39 is 43.1 Å². The molecule has 0 unspecified atom stereocenters. The first kappa shape index (κ1) is 54.3. The molecule has 0 bridgehead atoms. The fourth-order valence-electron chi connectivity index (χ4n) is 9.18. The van der Waals surface area contributed by atoms with Crippen LogP contribution in [0.5, 0.6) is 5.75 Å². The van der Waals surface area contributed by atoms with Gasteiger partial charge >= 0.3 is 6.18 Å². The van der Waals surface area contributed by atoms with Crippen LogP contribution in [0.25, 0.3) is 44.1 Å². The number of carbonyl (C=O) groups excluding carboxylic acids is 1. The molecule has 0 spiro atoms. The third-order valence-corrected chi connectivity index (χ3v) is 18.8. The van der Waals surface area contributed by atoms with E-state index in [1.54, 1.807) is 54.6 Å². The number of aromatic hydroxyl groups is 1. The first-order chi connectivity index (χ1) is 35.8. The van der Waals surface area contributed by atoms with Crippen molar-refractivity contribution in [2.24, 2.45) is 0 Å². The molecule has 0 atom stereocenters. The summed E-state index contributed by atoms with van der Waals surface area (Å²) in [6, 6.07) is 76.3. The van der Waals surface area contributed by atoms with Crippen LogP contribution in [0.1, 0.15) is 17.3 Å². The Kier molecular flexibility index (Phi) is 16.9. The molecule has 11 aromatic rings. The molecule has 1 N–H and O–H groups in total. The molecule has 0 saturated carbocycles. The van der Waals surface area contributed by atoms with Gasteiger partial charge in [0.15, 0.2) is 14.3 Å². The predicted molar refractivity (Wildman–Crippen MR) is 296 cm³/mol. The zero-order valence-corrected chi connectivity index (χ0v) is 44.5. The van der Waals surface area contributed by atoms with Gasteiger partial charge in [-0.25, -0.2) is 0 Å². The fourth-order valence-corrected chi connectivity index (χ4v) is 14.2. The minimum absolute atomic E-state index is 0. The van der Waals surface area contributed by atoms with Gasteiger partial charge in [0.1, 0.15) is 11.3 Å². The molecule has 11 rings (SSSR count). The van der Waals surface area contributed by atoms with Gasteiger partial charge in [0.2, 0.25) is 0 Å². The number of benzene rings is 9. The predicted octanol–water partition coefficient (Wildman–Crippen LogP) is 13.4. The second-order valence-corrected chi connectivity index (χ2v) is 23.0. The molecule has 0 fully saturated rings. The normalized spacial score (nSPS) is 11.4. The number of ketones is 1. The van der Waals surface area contributed by atoms with E-state index in [-0.39, 0.29) is 66.0 Å². The zero-order valence-electron chi connectivity index (χ0n) is 40.3. The van der Waals surface area contributed by atoms with Crippen LogP contribution in [0.3, 0.4) is 0 Å². The number of pyridine rings is 1. The number of rotatable bonds is 9. The molecule has 0 aliphatic rings. The summed E-state index contributed by atoms with van der Waals surface area (Å²) in [5, 5.41) is 17.3. The SMILES string of the molecule is C=C(C)P(=O)(c1ccccc1)c1ccccc1.O=C(c1c(O)c2c3c4ccccc4n(-c4ccccc4)c3ccc2n(-c2ccccc2)c1=O)C(F)(F)F.O=P(c1ccccc1)(c1ccccc1)c1ccccc1.[Eu]. The Balaban J connectivity index is 0.000000165. The quantitative estimate of drug-likeness (QED) is 0.115. The third-order valence-electron chi connectivity index (χ3n) is 12.6. The molecule has 0 aliphatic heterocycles. The van der Waals surface area contributed by atoms with Gasteiger partial charge < -0.3 is 18.8 Å². The Morgan fingerprint density at radius 3 is 1.19 bits per heavy atom. The van der Waals surface area contributed by atoms with E-state index in [9.17, 15) is 37.0 Å². The average molecular weight is 1170 g/mol. The molecule has 0 amide bonds. The Labute approximate surface area is 472 Å². The summed E-state index contributed by atoms with van der Waals surface area (Å²) in [6.07, 6.45) is -5.36. The van der Waals surface area contributed by atoms with E-state index in [0.29, 0.717) is 16.3 Å². The molecule has 9 aromatic carbocycles. The fraction of sp³-hybridized carbons (Fsp3) is 0.0323. The van der Waals surface area contributed by atoms with E-state index in [2.05, 4.69) is 6.58 Å². The third kappa shape index (κ3) is 10.7. The van der Waals surface area contributed by atoms with Crippen molar-refractivity contribution in [1.29, 1.82) is 0 Å². The Hall–Kier alpha value is -6.97. The van der Waals surface area contributed by atoms with Gasteiger partial charge in [-0.1, -0.05) is 213 Å². The van der Waals surface area contributed by atoms with Crippen molar-refractivity contribution in [3.8, 4) is 17.1 Å². The minimum atomic E-state index is -5.36. The van der Waals surface area contributed by atoms with Crippen molar-refractivity contribution in [2.45, 2.75) is 13.1 Å². The molecule has 2 heterocycles. The second kappa shape index (κ2) is 23.3. The van der Waals surface area contributed by atoms with Crippen LogP contribution in [-0.4, -0.2) is 26.2 Å².